The number of rotatable bonds is 8. The monoisotopic (exact) mass is 590 g/mol. The maximum Gasteiger partial charge on any atom is 0.339 e. The summed E-state index contributed by atoms with van der Waals surface area (Å²) in [7, 11) is -1.03. The Morgan fingerprint density at radius 2 is 0.878 bits per heavy atom. The van der Waals surface area contributed by atoms with Gasteiger partial charge in [0.05, 0.1) is 0 Å². The van der Waals surface area contributed by atoms with E-state index in [1.807, 2.05) is 62.3 Å². The number of hydrogen-bond acceptors (Lipinski definition) is 8. The Hall–Kier alpha value is -4.28. The lowest BCUT2D eigenvalue weighted by Gasteiger charge is -2.17. The lowest BCUT2D eigenvalue weighted by atomic mass is 10.1. The van der Waals surface area contributed by atoms with Crippen LogP contribution in [0.15, 0.2) is 101 Å². The van der Waals surface area contributed by atoms with Crippen molar-refractivity contribution >= 4 is 53.2 Å². The van der Waals surface area contributed by atoms with Crippen LogP contribution in [0.5, 0.6) is 11.5 Å². The van der Waals surface area contributed by atoms with Gasteiger partial charge in [0.25, 0.3) is 0 Å². The minimum Gasteiger partial charge on any atom is -0.379 e. The van der Waals surface area contributed by atoms with Gasteiger partial charge in [0, 0.05) is 67.2 Å². The smallest absolute Gasteiger partial charge is 0.339 e. The van der Waals surface area contributed by atoms with Gasteiger partial charge in [-0.25, -0.2) is 0 Å². The summed E-state index contributed by atoms with van der Waals surface area (Å²) >= 11 is 0. The van der Waals surface area contributed by atoms with Crippen molar-refractivity contribution in [3.8, 4) is 11.5 Å². The Bertz CT molecular complexity index is 1860. The molecule has 0 spiro atoms. The van der Waals surface area contributed by atoms with Crippen molar-refractivity contribution in [3.05, 3.63) is 96.6 Å². The van der Waals surface area contributed by atoms with Gasteiger partial charge in [-0.1, -0.05) is 48.5 Å². The molecule has 0 N–H and O–H groups in total. The first-order chi connectivity index (χ1) is 19.4. The molecule has 0 aromatic heterocycles. The van der Waals surface area contributed by atoms with Crippen LogP contribution in [0.2, 0.25) is 0 Å². The first-order valence-electron chi connectivity index (χ1n) is 12.8. The van der Waals surface area contributed by atoms with Crippen LogP contribution in [0, 0.1) is 6.92 Å². The van der Waals surface area contributed by atoms with Gasteiger partial charge in [-0.15, -0.1) is 0 Å². The molecule has 10 heteroatoms. The third-order valence-corrected chi connectivity index (χ3v) is 9.27. The van der Waals surface area contributed by atoms with Crippen LogP contribution in [-0.4, -0.2) is 45.0 Å². The number of nitrogens with zero attached hydrogens (tertiary/aromatic N) is 2. The number of anilines is 2. The fourth-order valence-electron chi connectivity index (χ4n) is 4.90. The van der Waals surface area contributed by atoms with Crippen LogP contribution in [0.25, 0.3) is 21.5 Å². The number of hydrogen-bond donors (Lipinski definition) is 0. The van der Waals surface area contributed by atoms with E-state index in [4.69, 9.17) is 8.37 Å². The van der Waals surface area contributed by atoms with E-state index in [-0.39, 0.29) is 21.3 Å². The van der Waals surface area contributed by atoms with Crippen LogP contribution < -0.4 is 18.2 Å². The lowest BCUT2D eigenvalue weighted by Crippen LogP contribution is -2.13. The number of aryl methyl sites for hydroxylation is 1. The lowest BCUT2D eigenvalue weighted by molar-refractivity contribution is 0.477. The SMILES string of the molecule is Cc1cc(OS(=O)(=O)c2cccc3c(N(C)C)cccc23)cc(OS(=O)(=O)c2cccc3c(N(C)C)cccc23)c1. The predicted molar refractivity (Wildman–Crippen MR) is 163 cm³/mol. The van der Waals surface area contributed by atoms with E-state index in [2.05, 4.69) is 0 Å². The van der Waals surface area contributed by atoms with E-state index in [0.29, 0.717) is 16.3 Å². The van der Waals surface area contributed by atoms with Crippen molar-refractivity contribution in [1.82, 2.24) is 0 Å². The Labute approximate surface area is 240 Å². The minimum absolute atomic E-state index is 0.00254. The van der Waals surface area contributed by atoms with Crippen molar-refractivity contribution in [1.29, 1.82) is 0 Å². The molecule has 0 amide bonds. The highest BCUT2D eigenvalue weighted by molar-refractivity contribution is 7.87. The first kappa shape index (κ1) is 28.3. The summed E-state index contributed by atoms with van der Waals surface area (Å²) in [6, 6.07) is 25.1. The second kappa shape index (κ2) is 10.6. The third kappa shape index (κ3) is 5.53. The van der Waals surface area contributed by atoms with Crippen LogP contribution in [0.1, 0.15) is 5.56 Å². The molecule has 0 atom stereocenters. The highest BCUT2D eigenvalue weighted by Gasteiger charge is 2.24. The summed E-state index contributed by atoms with van der Waals surface area (Å²) in [5.74, 6) is -0.132. The molecule has 0 unspecified atom stereocenters. The van der Waals surface area contributed by atoms with Crippen molar-refractivity contribution in [2.45, 2.75) is 16.7 Å². The maximum absolute atomic E-state index is 13.5. The van der Waals surface area contributed by atoms with Crippen LogP contribution in [0.4, 0.5) is 11.4 Å². The van der Waals surface area contributed by atoms with Crippen LogP contribution >= 0.6 is 0 Å². The second-order valence-electron chi connectivity index (χ2n) is 10.1. The van der Waals surface area contributed by atoms with Crippen LogP contribution in [0.3, 0.4) is 0 Å². The molecular weight excluding hydrogens is 560 g/mol. The Kier molecular flexibility index (Phi) is 7.31. The van der Waals surface area contributed by atoms with E-state index in [0.717, 1.165) is 22.1 Å². The average Bonchev–Trinajstić information content (AvgIpc) is 2.90. The van der Waals surface area contributed by atoms with E-state index in [1.165, 1.54) is 30.3 Å². The zero-order valence-corrected chi connectivity index (χ0v) is 25.0. The highest BCUT2D eigenvalue weighted by Crippen LogP contribution is 2.35. The van der Waals surface area contributed by atoms with Gasteiger partial charge in [0.15, 0.2) is 0 Å². The van der Waals surface area contributed by atoms with Gasteiger partial charge < -0.3 is 18.2 Å². The first-order valence-corrected chi connectivity index (χ1v) is 15.6. The molecule has 41 heavy (non-hydrogen) atoms. The molecular formula is C31H30N2O6S2. The standard InChI is InChI=1S/C31H30N2O6S2/c1-21-18-22(38-40(34,35)30-16-8-10-24-26(30)12-6-14-28(24)32(2)3)20-23(19-21)39-41(36,37)31-17-9-11-25-27(31)13-7-15-29(25)33(4)5/h6-20H,1-5H3. The Morgan fingerprint density at radius 1 is 0.512 bits per heavy atom. The third-order valence-electron chi connectivity index (χ3n) is 6.66. The molecule has 0 bridgehead atoms. The van der Waals surface area contributed by atoms with Crippen LogP contribution in [-0.2, 0) is 20.2 Å². The molecule has 5 aromatic carbocycles. The van der Waals surface area contributed by atoms with Crippen molar-refractivity contribution in [2.24, 2.45) is 0 Å². The minimum atomic E-state index is -4.28. The van der Waals surface area contributed by atoms with Gasteiger partial charge in [-0.3, -0.25) is 0 Å². The average molecular weight is 591 g/mol. The number of fused-ring (bicyclic) bond motifs is 2. The quantitative estimate of drug-likeness (QED) is 0.204. The van der Waals surface area contributed by atoms with Crippen molar-refractivity contribution < 1.29 is 25.2 Å². The maximum atomic E-state index is 13.5. The summed E-state index contributed by atoms with van der Waals surface area (Å²) in [5, 5.41) is 2.54. The molecule has 212 valence electrons. The van der Waals surface area contributed by atoms with E-state index in [9.17, 15) is 16.8 Å². The fraction of sp³-hybridized carbons (Fsp3) is 0.161. The summed E-state index contributed by atoms with van der Waals surface area (Å²) < 4.78 is 64.9. The molecule has 5 aromatic rings. The summed E-state index contributed by atoms with van der Waals surface area (Å²) in [6.07, 6.45) is 0. The topological polar surface area (TPSA) is 93.2 Å². The Morgan fingerprint density at radius 3 is 1.27 bits per heavy atom. The van der Waals surface area contributed by atoms with Gasteiger partial charge in [0.2, 0.25) is 0 Å². The van der Waals surface area contributed by atoms with Gasteiger partial charge in [-0.2, -0.15) is 16.8 Å². The summed E-state index contributed by atoms with van der Waals surface area (Å²) in [5.41, 5.74) is 2.29. The fourth-order valence-corrected chi connectivity index (χ4v) is 7.16. The molecule has 5 rings (SSSR count). The van der Waals surface area contributed by atoms with Crippen molar-refractivity contribution in [2.75, 3.05) is 38.0 Å². The van der Waals surface area contributed by atoms with Gasteiger partial charge in [0.1, 0.15) is 21.3 Å². The molecule has 0 radical (unpaired) electrons. The normalized spacial score (nSPS) is 11.9. The van der Waals surface area contributed by atoms with Gasteiger partial charge in [-0.05, 0) is 48.9 Å². The zero-order chi connectivity index (χ0) is 29.5. The molecule has 0 aliphatic rings. The Balaban J connectivity index is 1.50. The van der Waals surface area contributed by atoms with E-state index < -0.39 is 20.2 Å². The summed E-state index contributed by atoms with van der Waals surface area (Å²) in [6.45, 7) is 1.70. The molecule has 0 aliphatic heterocycles. The molecule has 0 saturated heterocycles. The van der Waals surface area contributed by atoms with E-state index >= 15 is 0 Å². The van der Waals surface area contributed by atoms with Gasteiger partial charge >= 0.3 is 20.2 Å². The molecule has 0 aliphatic carbocycles. The largest absolute Gasteiger partial charge is 0.379 e. The van der Waals surface area contributed by atoms with E-state index in [1.54, 1.807) is 43.3 Å². The molecule has 0 heterocycles. The summed E-state index contributed by atoms with van der Waals surface area (Å²) in [4.78, 5) is 3.81. The second-order valence-corrected chi connectivity index (χ2v) is 13.1. The predicted octanol–water partition coefficient (Wildman–Crippen LogP) is 5.97. The molecule has 0 saturated carbocycles. The highest BCUT2D eigenvalue weighted by atomic mass is 32.2. The van der Waals surface area contributed by atoms with Crippen molar-refractivity contribution in [3.63, 3.8) is 0 Å². The molecule has 0 fully saturated rings. The zero-order valence-electron chi connectivity index (χ0n) is 23.3. The number of benzene rings is 5. The molecule has 8 nitrogen and oxygen atoms in total.